The molecule has 1 heterocycles. The molecule has 0 atom stereocenters. The highest BCUT2D eigenvalue weighted by Gasteiger charge is 2.21. The Balaban J connectivity index is 1.57. The molecule has 1 aromatic heterocycles. The molecule has 0 saturated heterocycles. The number of carbonyl (C=O) groups is 1. The number of rotatable bonds is 3. The van der Waals surface area contributed by atoms with Gasteiger partial charge in [0.1, 0.15) is 5.82 Å². The smallest absolute Gasteiger partial charge is 0.229 e. The van der Waals surface area contributed by atoms with Crippen LogP contribution in [-0.4, -0.2) is 15.9 Å². The molecule has 27 heavy (non-hydrogen) atoms. The molecule has 0 fully saturated rings. The Labute approximate surface area is 165 Å². The van der Waals surface area contributed by atoms with Crippen molar-refractivity contribution in [1.82, 2.24) is 9.97 Å². The maximum Gasteiger partial charge on any atom is 0.229 e. The third-order valence-electron chi connectivity index (χ3n) is 4.63. The molecule has 1 N–H and O–H groups in total. The molecular formula is C21H17BrFN3O. The van der Waals surface area contributed by atoms with Crippen LogP contribution >= 0.6 is 15.9 Å². The van der Waals surface area contributed by atoms with Crippen molar-refractivity contribution in [3.05, 3.63) is 75.3 Å². The molecule has 2 aromatic carbocycles. The molecule has 1 aliphatic carbocycles. The molecule has 4 rings (SSSR count). The molecule has 0 saturated carbocycles. The van der Waals surface area contributed by atoms with Crippen LogP contribution in [0.4, 0.5) is 10.2 Å². The van der Waals surface area contributed by atoms with Crippen molar-refractivity contribution >= 4 is 27.7 Å². The predicted molar refractivity (Wildman–Crippen MR) is 106 cm³/mol. The zero-order chi connectivity index (χ0) is 19.0. The van der Waals surface area contributed by atoms with Gasteiger partial charge in [0, 0.05) is 10.0 Å². The summed E-state index contributed by atoms with van der Waals surface area (Å²) < 4.78 is 14.4. The number of hydrogen-bond acceptors (Lipinski definition) is 3. The van der Waals surface area contributed by atoms with E-state index in [1.54, 1.807) is 12.1 Å². The molecule has 0 aliphatic heterocycles. The fourth-order valence-corrected chi connectivity index (χ4v) is 3.54. The fourth-order valence-electron chi connectivity index (χ4n) is 3.28. The van der Waals surface area contributed by atoms with Gasteiger partial charge in [-0.25, -0.2) is 14.4 Å². The molecule has 136 valence electrons. The third-order valence-corrected chi connectivity index (χ3v) is 5.16. The maximum atomic E-state index is 13.5. The largest absolute Gasteiger partial charge is 0.309 e. The normalized spacial score (nSPS) is 12.3. The monoisotopic (exact) mass is 425 g/mol. The summed E-state index contributed by atoms with van der Waals surface area (Å²) >= 11 is 3.39. The lowest BCUT2D eigenvalue weighted by Gasteiger charge is -2.20. The number of carbonyl (C=O) groups excluding carboxylic acids is 1. The summed E-state index contributed by atoms with van der Waals surface area (Å²) in [5.74, 6) is 0.119. The lowest BCUT2D eigenvalue weighted by molar-refractivity contribution is -0.115. The predicted octanol–water partition coefficient (Wildman–Crippen LogP) is 4.63. The van der Waals surface area contributed by atoms with Gasteiger partial charge in [-0.15, -0.1) is 0 Å². The number of nitrogens with zero attached hydrogens (tertiary/aromatic N) is 2. The highest BCUT2D eigenvalue weighted by atomic mass is 79.9. The molecule has 4 nitrogen and oxygen atoms in total. The number of halogens is 2. The second-order valence-electron chi connectivity index (χ2n) is 6.61. The van der Waals surface area contributed by atoms with E-state index in [0.717, 1.165) is 32.6 Å². The SMILES string of the molecule is Cc1nc2c(nc1NC(=O)Cc1ccc(Br)cc1)CCc1cc(F)ccc1-2. The Hall–Kier alpha value is -2.60. The van der Waals surface area contributed by atoms with E-state index in [1.807, 2.05) is 31.2 Å². The number of aromatic nitrogens is 2. The van der Waals surface area contributed by atoms with E-state index in [2.05, 4.69) is 31.2 Å². The fraction of sp³-hybridized carbons (Fsp3) is 0.190. The first-order chi connectivity index (χ1) is 13.0. The van der Waals surface area contributed by atoms with Crippen LogP contribution in [0.1, 0.15) is 22.5 Å². The molecular weight excluding hydrogens is 409 g/mol. The summed E-state index contributed by atoms with van der Waals surface area (Å²) in [6.45, 7) is 1.82. The lowest BCUT2D eigenvalue weighted by Crippen LogP contribution is -2.19. The average Bonchev–Trinajstić information content (AvgIpc) is 2.64. The van der Waals surface area contributed by atoms with Gasteiger partial charge in [-0.2, -0.15) is 0 Å². The average molecular weight is 426 g/mol. The van der Waals surface area contributed by atoms with Crippen molar-refractivity contribution in [3.63, 3.8) is 0 Å². The van der Waals surface area contributed by atoms with E-state index in [-0.39, 0.29) is 18.1 Å². The Morgan fingerprint density at radius 3 is 2.70 bits per heavy atom. The standard InChI is InChI=1S/C21H17BrFN3O/c1-12-21(26-19(27)10-13-2-5-15(22)6-3-13)25-18-9-4-14-11-16(23)7-8-17(14)20(18)24-12/h2-3,5-8,11H,4,9-10H2,1H3,(H,25,26,27). The van der Waals surface area contributed by atoms with Crippen molar-refractivity contribution in [1.29, 1.82) is 0 Å². The Kier molecular flexibility index (Phi) is 4.74. The zero-order valence-corrected chi connectivity index (χ0v) is 16.3. The van der Waals surface area contributed by atoms with Crippen molar-refractivity contribution < 1.29 is 9.18 Å². The summed E-state index contributed by atoms with van der Waals surface area (Å²) in [5, 5.41) is 2.87. The molecule has 0 radical (unpaired) electrons. The van der Waals surface area contributed by atoms with Gasteiger partial charge in [0.25, 0.3) is 0 Å². The summed E-state index contributed by atoms with van der Waals surface area (Å²) in [7, 11) is 0. The molecule has 6 heteroatoms. The zero-order valence-electron chi connectivity index (χ0n) is 14.7. The highest BCUT2D eigenvalue weighted by Crippen LogP contribution is 2.32. The van der Waals surface area contributed by atoms with Gasteiger partial charge < -0.3 is 5.32 Å². The van der Waals surface area contributed by atoms with Crippen LogP contribution in [0.25, 0.3) is 11.3 Å². The number of benzene rings is 2. The van der Waals surface area contributed by atoms with Crippen molar-refractivity contribution in [2.24, 2.45) is 0 Å². The van der Waals surface area contributed by atoms with Gasteiger partial charge in [-0.05, 0) is 61.2 Å². The second kappa shape index (κ2) is 7.19. The minimum absolute atomic E-state index is 0.132. The van der Waals surface area contributed by atoms with E-state index in [1.165, 1.54) is 6.07 Å². The highest BCUT2D eigenvalue weighted by molar-refractivity contribution is 9.10. The number of fused-ring (bicyclic) bond motifs is 3. The van der Waals surface area contributed by atoms with Gasteiger partial charge in [0.2, 0.25) is 5.91 Å². The molecule has 1 amide bonds. The van der Waals surface area contributed by atoms with Gasteiger partial charge in [0.15, 0.2) is 5.82 Å². The summed E-state index contributed by atoms with van der Waals surface area (Å²) in [6, 6.07) is 12.4. The first-order valence-electron chi connectivity index (χ1n) is 8.70. The maximum absolute atomic E-state index is 13.5. The van der Waals surface area contributed by atoms with Gasteiger partial charge in [-0.1, -0.05) is 28.1 Å². The van der Waals surface area contributed by atoms with E-state index in [4.69, 9.17) is 0 Å². The quantitative estimate of drug-likeness (QED) is 0.665. The Morgan fingerprint density at radius 1 is 1.15 bits per heavy atom. The minimum Gasteiger partial charge on any atom is -0.309 e. The summed E-state index contributed by atoms with van der Waals surface area (Å²) in [6.07, 6.45) is 1.66. The van der Waals surface area contributed by atoms with Crippen LogP contribution in [0, 0.1) is 12.7 Å². The molecule has 0 unspecified atom stereocenters. The number of anilines is 1. The second-order valence-corrected chi connectivity index (χ2v) is 7.52. The van der Waals surface area contributed by atoms with Crippen LogP contribution in [0.15, 0.2) is 46.9 Å². The van der Waals surface area contributed by atoms with Crippen LogP contribution < -0.4 is 5.32 Å². The van der Waals surface area contributed by atoms with Gasteiger partial charge in [0.05, 0.1) is 23.5 Å². The Bertz CT molecular complexity index is 1030. The Morgan fingerprint density at radius 2 is 1.93 bits per heavy atom. The lowest BCUT2D eigenvalue weighted by atomic mass is 9.91. The van der Waals surface area contributed by atoms with Crippen LogP contribution in [0.3, 0.4) is 0 Å². The third kappa shape index (κ3) is 3.76. The molecule has 0 spiro atoms. The van der Waals surface area contributed by atoms with Crippen LogP contribution in [0.5, 0.6) is 0 Å². The van der Waals surface area contributed by atoms with E-state index >= 15 is 0 Å². The van der Waals surface area contributed by atoms with Crippen molar-refractivity contribution in [3.8, 4) is 11.3 Å². The van der Waals surface area contributed by atoms with Crippen LogP contribution in [-0.2, 0) is 24.1 Å². The number of nitrogens with one attached hydrogen (secondary N) is 1. The van der Waals surface area contributed by atoms with Crippen molar-refractivity contribution in [2.45, 2.75) is 26.2 Å². The van der Waals surface area contributed by atoms with Gasteiger partial charge in [-0.3, -0.25) is 4.79 Å². The van der Waals surface area contributed by atoms with Gasteiger partial charge >= 0.3 is 0 Å². The van der Waals surface area contributed by atoms with Crippen molar-refractivity contribution in [2.75, 3.05) is 5.32 Å². The number of amides is 1. The minimum atomic E-state index is -0.237. The topological polar surface area (TPSA) is 54.9 Å². The first kappa shape index (κ1) is 17.8. The van der Waals surface area contributed by atoms with E-state index in [9.17, 15) is 9.18 Å². The molecule has 1 aliphatic rings. The number of hydrogen-bond donors (Lipinski definition) is 1. The van der Waals surface area contributed by atoms with E-state index < -0.39 is 0 Å². The van der Waals surface area contributed by atoms with E-state index in [0.29, 0.717) is 24.4 Å². The number of aryl methyl sites for hydroxylation is 3. The van der Waals surface area contributed by atoms with Crippen LogP contribution in [0.2, 0.25) is 0 Å². The summed E-state index contributed by atoms with van der Waals surface area (Å²) in [5.41, 5.74) is 5.05. The molecule has 3 aromatic rings. The summed E-state index contributed by atoms with van der Waals surface area (Å²) in [4.78, 5) is 21.7. The first-order valence-corrected chi connectivity index (χ1v) is 9.49. The molecule has 0 bridgehead atoms.